The summed E-state index contributed by atoms with van der Waals surface area (Å²) in [6.07, 6.45) is -0.850. The largest absolute Gasteiger partial charge is 0.508 e. The zero-order chi connectivity index (χ0) is 16.2. The normalized spacial score (nSPS) is 17.0. The number of carbonyl (C=O) groups excluding carboxylic acids is 1. The molecule has 0 aliphatic carbocycles. The number of hydrogen-bond donors (Lipinski definition) is 3. The summed E-state index contributed by atoms with van der Waals surface area (Å²) in [7, 11) is -3.27. The van der Waals surface area contributed by atoms with Crippen LogP contribution in [0.4, 0.5) is 0 Å². The molecule has 1 aliphatic heterocycles. The predicted molar refractivity (Wildman–Crippen MR) is 78.5 cm³/mol. The maximum Gasteiger partial charge on any atom is 0.264 e. The highest BCUT2D eigenvalue weighted by molar-refractivity contribution is 7.89. The molecule has 2 rings (SSSR count). The molecule has 1 atom stereocenters. The minimum Gasteiger partial charge on any atom is -0.508 e. The maximum atomic E-state index is 11.9. The fourth-order valence-electron chi connectivity index (χ4n) is 1.80. The van der Waals surface area contributed by atoms with Crippen LogP contribution in [0.15, 0.2) is 18.2 Å². The van der Waals surface area contributed by atoms with Crippen LogP contribution in [0.25, 0.3) is 0 Å². The number of nitrogens with one attached hydrogen (secondary N) is 2. The molecule has 22 heavy (non-hydrogen) atoms. The van der Waals surface area contributed by atoms with E-state index >= 15 is 0 Å². The second-order valence-corrected chi connectivity index (χ2v) is 6.73. The number of phenols is 1. The van der Waals surface area contributed by atoms with Crippen LogP contribution >= 0.6 is 0 Å². The van der Waals surface area contributed by atoms with Gasteiger partial charge in [0.25, 0.3) is 5.91 Å². The van der Waals surface area contributed by atoms with Crippen LogP contribution in [0, 0.1) is 0 Å². The van der Waals surface area contributed by atoms with Crippen LogP contribution in [0.5, 0.6) is 17.2 Å². The number of ether oxygens (including phenoxy) is 2. The van der Waals surface area contributed by atoms with Gasteiger partial charge in [-0.25, -0.2) is 13.1 Å². The first-order valence-corrected chi connectivity index (χ1v) is 8.44. The number of carbonyl (C=O) groups is 1. The monoisotopic (exact) mass is 330 g/mol. The topological polar surface area (TPSA) is 114 Å². The Bertz CT molecular complexity index is 646. The molecule has 1 aliphatic rings. The summed E-state index contributed by atoms with van der Waals surface area (Å²) in [5.41, 5.74) is 0. The Hall–Kier alpha value is -2.00. The Labute approximate surface area is 128 Å². The lowest BCUT2D eigenvalue weighted by Crippen LogP contribution is -2.46. The van der Waals surface area contributed by atoms with Crippen LogP contribution in [0.3, 0.4) is 0 Å². The van der Waals surface area contributed by atoms with Crippen molar-refractivity contribution in [2.45, 2.75) is 13.0 Å². The molecule has 0 spiro atoms. The van der Waals surface area contributed by atoms with Gasteiger partial charge in [0.15, 0.2) is 11.5 Å². The number of fused-ring (bicyclic) bond motifs is 1. The molecule has 1 aromatic carbocycles. The van der Waals surface area contributed by atoms with E-state index in [1.165, 1.54) is 19.1 Å². The number of sulfonamides is 1. The van der Waals surface area contributed by atoms with Crippen molar-refractivity contribution in [2.24, 2.45) is 0 Å². The molecule has 3 N–H and O–H groups in total. The zero-order valence-corrected chi connectivity index (χ0v) is 12.9. The molecule has 1 heterocycles. The van der Waals surface area contributed by atoms with Gasteiger partial charge in [0, 0.05) is 19.2 Å². The summed E-state index contributed by atoms with van der Waals surface area (Å²) < 4.78 is 35.6. The van der Waals surface area contributed by atoms with Crippen LogP contribution in [0.1, 0.15) is 6.92 Å². The van der Waals surface area contributed by atoms with Gasteiger partial charge >= 0.3 is 0 Å². The van der Waals surface area contributed by atoms with Gasteiger partial charge < -0.3 is 19.9 Å². The number of rotatable bonds is 6. The van der Waals surface area contributed by atoms with Crippen molar-refractivity contribution in [3.8, 4) is 17.2 Å². The van der Waals surface area contributed by atoms with Gasteiger partial charge in [-0.1, -0.05) is 0 Å². The molecule has 1 aromatic rings. The molecular formula is C13H18N2O6S. The lowest BCUT2D eigenvalue weighted by Gasteiger charge is -2.25. The summed E-state index contributed by atoms with van der Waals surface area (Å²) in [6.45, 7) is 1.82. The van der Waals surface area contributed by atoms with Crippen molar-refractivity contribution in [1.29, 1.82) is 0 Å². The smallest absolute Gasteiger partial charge is 0.264 e. The Morgan fingerprint density at radius 2 is 2.14 bits per heavy atom. The number of aromatic hydroxyl groups is 1. The maximum absolute atomic E-state index is 11.9. The van der Waals surface area contributed by atoms with Gasteiger partial charge in [-0.05, 0) is 19.1 Å². The van der Waals surface area contributed by atoms with E-state index in [0.29, 0.717) is 5.75 Å². The van der Waals surface area contributed by atoms with Crippen LogP contribution in [-0.4, -0.2) is 51.0 Å². The van der Waals surface area contributed by atoms with E-state index in [0.717, 1.165) is 0 Å². The molecule has 0 bridgehead atoms. The van der Waals surface area contributed by atoms with Crippen molar-refractivity contribution in [1.82, 2.24) is 10.0 Å². The van der Waals surface area contributed by atoms with E-state index in [2.05, 4.69) is 10.0 Å². The number of benzene rings is 1. The molecule has 8 nitrogen and oxygen atoms in total. The Morgan fingerprint density at radius 1 is 1.36 bits per heavy atom. The Kier molecular flexibility index (Phi) is 5.09. The highest BCUT2D eigenvalue weighted by Gasteiger charge is 2.27. The van der Waals surface area contributed by atoms with E-state index in [1.54, 1.807) is 6.07 Å². The summed E-state index contributed by atoms with van der Waals surface area (Å²) in [4.78, 5) is 11.9. The van der Waals surface area contributed by atoms with E-state index in [1.807, 2.05) is 0 Å². The first-order valence-electron chi connectivity index (χ1n) is 6.79. The predicted octanol–water partition coefficient (Wildman–Crippen LogP) is -0.412. The van der Waals surface area contributed by atoms with Crippen LogP contribution in [0.2, 0.25) is 0 Å². The molecule has 1 unspecified atom stereocenters. The highest BCUT2D eigenvalue weighted by Crippen LogP contribution is 2.34. The molecular weight excluding hydrogens is 312 g/mol. The molecule has 122 valence electrons. The fraction of sp³-hybridized carbons (Fsp3) is 0.462. The van der Waals surface area contributed by atoms with Crippen molar-refractivity contribution in [3.63, 3.8) is 0 Å². The highest BCUT2D eigenvalue weighted by atomic mass is 32.2. The van der Waals surface area contributed by atoms with Gasteiger partial charge in [0.1, 0.15) is 12.4 Å². The second-order valence-electron chi connectivity index (χ2n) is 4.64. The van der Waals surface area contributed by atoms with Crippen molar-refractivity contribution < 1.29 is 27.8 Å². The summed E-state index contributed by atoms with van der Waals surface area (Å²) in [5, 5.41) is 11.9. The number of hydrogen-bond acceptors (Lipinski definition) is 6. The van der Waals surface area contributed by atoms with E-state index in [9.17, 15) is 18.3 Å². The molecule has 1 amide bonds. The van der Waals surface area contributed by atoms with Gasteiger partial charge in [0.2, 0.25) is 16.1 Å². The Balaban J connectivity index is 1.82. The standard InChI is InChI=1S/C13H18N2O6S/c1-2-22(18,19)15-6-5-14-13(17)12-8-20-10-4-3-9(16)7-11(10)21-12/h3-4,7,12,15-16H,2,5-6,8H2,1H3,(H,14,17). The van der Waals surface area contributed by atoms with Crippen LogP contribution in [-0.2, 0) is 14.8 Å². The van der Waals surface area contributed by atoms with Gasteiger partial charge in [-0.2, -0.15) is 0 Å². The third-order valence-electron chi connectivity index (χ3n) is 3.01. The van der Waals surface area contributed by atoms with Gasteiger partial charge in [-0.3, -0.25) is 4.79 Å². The van der Waals surface area contributed by atoms with E-state index in [-0.39, 0.29) is 36.9 Å². The zero-order valence-electron chi connectivity index (χ0n) is 12.0. The average molecular weight is 330 g/mol. The van der Waals surface area contributed by atoms with Crippen LogP contribution < -0.4 is 19.5 Å². The lowest BCUT2D eigenvalue weighted by molar-refractivity contribution is -0.130. The van der Waals surface area contributed by atoms with Crippen molar-refractivity contribution >= 4 is 15.9 Å². The van der Waals surface area contributed by atoms with Crippen molar-refractivity contribution in [2.75, 3.05) is 25.4 Å². The first-order chi connectivity index (χ1) is 10.4. The fourth-order valence-corrected chi connectivity index (χ4v) is 2.42. The molecule has 0 radical (unpaired) electrons. The molecule has 0 fully saturated rings. The number of phenolic OH excluding ortho intramolecular Hbond substituents is 1. The average Bonchev–Trinajstić information content (AvgIpc) is 2.50. The third-order valence-corrected chi connectivity index (χ3v) is 4.41. The Morgan fingerprint density at radius 3 is 2.86 bits per heavy atom. The SMILES string of the molecule is CCS(=O)(=O)NCCNC(=O)C1COc2ccc(O)cc2O1. The van der Waals surface area contributed by atoms with E-state index < -0.39 is 22.0 Å². The number of amides is 1. The quantitative estimate of drug-likeness (QED) is 0.611. The molecule has 0 saturated carbocycles. The molecule has 0 aromatic heterocycles. The van der Waals surface area contributed by atoms with Gasteiger partial charge in [0.05, 0.1) is 5.75 Å². The minimum atomic E-state index is -3.27. The van der Waals surface area contributed by atoms with Gasteiger partial charge in [-0.15, -0.1) is 0 Å². The second kappa shape index (κ2) is 6.84. The lowest BCUT2D eigenvalue weighted by atomic mass is 10.2. The summed E-state index contributed by atoms with van der Waals surface area (Å²) in [6, 6.07) is 4.38. The minimum absolute atomic E-state index is 0.0115. The van der Waals surface area contributed by atoms with Crippen molar-refractivity contribution in [3.05, 3.63) is 18.2 Å². The molecule has 0 saturated heterocycles. The first kappa shape index (κ1) is 16.4. The third kappa shape index (κ3) is 4.25. The van der Waals surface area contributed by atoms with E-state index in [4.69, 9.17) is 9.47 Å². The summed E-state index contributed by atoms with van der Waals surface area (Å²) >= 11 is 0. The molecule has 9 heteroatoms. The summed E-state index contributed by atoms with van der Waals surface area (Å²) in [5.74, 6) is 0.332.